The average Bonchev–Trinajstić information content (AvgIpc) is 3.21. The third-order valence-corrected chi connectivity index (χ3v) is 5.18. The molecule has 1 aliphatic heterocycles. The van der Waals surface area contributed by atoms with Gasteiger partial charge < -0.3 is 14.5 Å². The number of aromatic nitrogens is 2. The molecule has 0 radical (unpaired) electrons. The fourth-order valence-corrected chi connectivity index (χ4v) is 3.80. The summed E-state index contributed by atoms with van der Waals surface area (Å²) in [5, 5.41) is 0.939. The molecule has 0 spiro atoms. The Bertz CT molecular complexity index is 1020. The summed E-state index contributed by atoms with van der Waals surface area (Å²) in [4.78, 5) is 28.2. The lowest BCUT2D eigenvalue weighted by Gasteiger charge is -2.14. The summed E-state index contributed by atoms with van der Waals surface area (Å²) in [6.45, 7) is 2.21. The summed E-state index contributed by atoms with van der Waals surface area (Å²) in [5.74, 6) is -0.0113. The number of fused-ring (bicyclic) bond motifs is 1. The number of likely N-dealkylation sites (tertiary alicyclic amines) is 1. The SMILES string of the molecule is O=C1CCCN1CCCc1cn(Cc2ccc(F)cc2)c2c[nH]c(=O)cc12. The number of aryl methyl sites for hydroxylation is 1. The van der Waals surface area contributed by atoms with E-state index in [1.165, 1.54) is 12.1 Å². The zero-order valence-electron chi connectivity index (χ0n) is 15.1. The molecule has 0 atom stereocenters. The minimum atomic E-state index is -0.252. The maximum atomic E-state index is 13.1. The first-order valence-corrected chi connectivity index (χ1v) is 9.33. The van der Waals surface area contributed by atoms with Crippen molar-refractivity contribution in [2.24, 2.45) is 0 Å². The number of benzene rings is 1. The van der Waals surface area contributed by atoms with E-state index in [4.69, 9.17) is 0 Å². The normalized spacial score (nSPS) is 14.4. The number of amides is 1. The highest BCUT2D eigenvalue weighted by atomic mass is 19.1. The summed E-state index contributed by atoms with van der Waals surface area (Å²) in [7, 11) is 0. The summed E-state index contributed by atoms with van der Waals surface area (Å²) in [5.41, 5.74) is 2.92. The minimum absolute atomic E-state index is 0.127. The van der Waals surface area contributed by atoms with Crippen molar-refractivity contribution in [3.8, 4) is 0 Å². The van der Waals surface area contributed by atoms with Crippen molar-refractivity contribution in [3.05, 3.63) is 70.0 Å². The van der Waals surface area contributed by atoms with Gasteiger partial charge in [0.2, 0.25) is 11.5 Å². The molecular weight excluding hydrogens is 345 g/mol. The van der Waals surface area contributed by atoms with Crippen LogP contribution in [0.2, 0.25) is 0 Å². The van der Waals surface area contributed by atoms with Crippen LogP contribution in [0.5, 0.6) is 0 Å². The summed E-state index contributed by atoms with van der Waals surface area (Å²) in [6.07, 6.45) is 7.08. The molecule has 0 saturated carbocycles. The summed E-state index contributed by atoms with van der Waals surface area (Å²) < 4.78 is 15.2. The number of aromatic amines is 1. The van der Waals surface area contributed by atoms with Gasteiger partial charge in [-0.1, -0.05) is 12.1 Å². The fourth-order valence-electron chi connectivity index (χ4n) is 3.80. The highest BCUT2D eigenvalue weighted by Crippen LogP contribution is 2.22. The number of rotatable bonds is 6. The molecule has 6 heteroatoms. The maximum absolute atomic E-state index is 13.1. The lowest BCUT2D eigenvalue weighted by molar-refractivity contribution is -0.127. The molecular formula is C21H22FN3O2. The number of carbonyl (C=O) groups excluding carboxylic acids is 1. The van der Waals surface area contributed by atoms with Crippen LogP contribution in [-0.2, 0) is 17.8 Å². The van der Waals surface area contributed by atoms with Crippen molar-refractivity contribution in [1.82, 2.24) is 14.5 Å². The van der Waals surface area contributed by atoms with E-state index in [2.05, 4.69) is 15.7 Å². The molecule has 3 heterocycles. The van der Waals surface area contributed by atoms with Crippen LogP contribution in [0.1, 0.15) is 30.4 Å². The van der Waals surface area contributed by atoms with Gasteiger partial charge in [0.25, 0.3) is 0 Å². The maximum Gasteiger partial charge on any atom is 0.248 e. The van der Waals surface area contributed by atoms with Gasteiger partial charge in [-0.05, 0) is 42.5 Å². The zero-order chi connectivity index (χ0) is 18.8. The number of halogens is 1. The standard InChI is InChI=1S/C21H22FN3O2/c22-17-7-5-15(6-8-17)13-25-14-16(18-11-20(26)23-12-19(18)25)3-1-9-24-10-2-4-21(24)27/h5-8,11-12,14H,1-4,9-10,13H2,(H,23,26). The largest absolute Gasteiger partial charge is 0.343 e. The van der Waals surface area contributed by atoms with E-state index in [0.717, 1.165) is 54.4 Å². The highest BCUT2D eigenvalue weighted by molar-refractivity contribution is 5.83. The second-order valence-corrected chi connectivity index (χ2v) is 7.09. The number of nitrogens with zero attached hydrogens (tertiary/aromatic N) is 2. The molecule has 1 aromatic carbocycles. The fraction of sp³-hybridized carbons (Fsp3) is 0.333. The average molecular weight is 367 g/mol. The van der Waals surface area contributed by atoms with Crippen molar-refractivity contribution in [2.75, 3.05) is 13.1 Å². The van der Waals surface area contributed by atoms with Crippen molar-refractivity contribution in [3.63, 3.8) is 0 Å². The van der Waals surface area contributed by atoms with Crippen LogP contribution in [0.15, 0.2) is 47.5 Å². The third kappa shape index (κ3) is 3.79. The van der Waals surface area contributed by atoms with Crippen LogP contribution < -0.4 is 5.56 Å². The molecule has 0 unspecified atom stereocenters. The van der Waals surface area contributed by atoms with Gasteiger partial charge in [0.05, 0.1) is 5.52 Å². The third-order valence-electron chi connectivity index (χ3n) is 5.18. The highest BCUT2D eigenvalue weighted by Gasteiger charge is 2.19. The molecule has 1 amide bonds. The second kappa shape index (κ2) is 7.39. The topological polar surface area (TPSA) is 58.1 Å². The number of pyridine rings is 1. The number of nitrogens with one attached hydrogen (secondary N) is 1. The van der Waals surface area contributed by atoms with Gasteiger partial charge in [-0.15, -0.1) is 0 Å². The van der Waals surface area contributed by atoms with Gasteiger partial charge in [0.1, 0.15) is 5.82 Å². The Hall–Kier alpha value is -2.89. The van der Waals surface area contributed by atoms with Crippen molar-refractivity contribution in [1.29, 1.82) is 0 Å². The van der Waals surface area contributed by atoms with Gasteiger partial charge in [-0.2, -0.15) is 0 Å². The van der Waals surface area contributed by atoms with E-state index in [9.17, 15) is 14.0 Å². The van der Waals surface area contributed by atoms with Crippen LogP contribution in [0.3, 0.4) is 0 Å². The van der Waals surface area contributed by atoms with Crippen LogP contribution >= 0.6 is 0 Å². The van der Waals surface area contributed by atoms with Crippen molar-refractivity contribution < 1.29 is 9.18 Å². The van der Waals surface area contributed by atoms with E-state index < -0.39 is 0 Å². The molecule has 1 aliphatic rings. The molecule has 4 rings (SSSR count). The van der Waals surface area contributed by atoms with Gasteiger partial charge in [-0.25, -0.2) is 4.39 Å². The van der Waals surface area contributed by atoms with E-state index in [-0.39, 0.29) is 17.3 Å². The predicted molar refractivity (Wildman–Crippen MR) is 102 cm³/mol. The molecule has 5 nitrogen and oxygen atoms in total. The summed E-state index contributed by atoms with van der Waals surface area (Å²) in [6, 6.07) is 8.08. The molecule has 1 fully saturated rings. The van der Waals surface area contributed by atoms with Crippen molar-refractivity contribution >= 4 is 16.8 Å². The first kappa shape index (κ1) is 17.5. The molecule has 1 saturated heterocycles. The Morgan fingerprint density at radius 2 is 1.96 bits per heavy atom. The molecule has 1 N–H and O–H groups in total. The minimum Gasteiger partial charge on any atom is -0.343 e. The lowest BCUT2D eigenvalue weighted by atomic mass is 10.1. The van der Waals surface area contributed by atoms with Gasteiger partial charge in [-0.3, -0.25) is 9.59 Å². The van der Waals surface area contributed by atoms with Crippen LogP contribution in [0, 0.1) is 5.82 Å². The van der Waals surface area contributed by atoms with Crippen LogP contribution in [0.4, 0.5) is 4.39 Å². The summed E-state index contributed by atoms with van der Waals surface area (Å²) >= 11 is 0. The molecule has 0 bridgehead atoms. The van der Waals surface area contributed by atoms with E-state index in [0.29, 0.717) is 13.0 Å². The monoisotopic (exact) mass is 367 g/mol. The molecule has 27 heavy (non-hydrogen) atoms. The van der Waals surface area contributed by atoms with Gasteiger partial charge >= 0.3 is 0 Å². The molecule has 140 valence electrons. The zero-order valence-corrected chi connectivity index (χ0v) is 15.1. The lowest BCUT2D eigenvalue weighted by Crippen LogP contribution is -2.25. The Balaban J connectivity index is 1.56. The van der Waals surface area contributed by atoms with Crippen LogP contribution in [0.25, 0.3) is 10.9 Å². The van der Waals surface area contributed by atoms with Crippen LogP contribution in [-0.4, -0.2) is 33.4 Å². The Kier molecular flexibility index (Phi) is 4.79. The van der Waals surface area contributed by atoms with Gasteiger partial charge in [0, 0.05) is 49.9 Å². The number of hydrogen-bond acceptors (Lipinski definition) is 2. The molecule has 2 aromatic heterocycles. The second-order valence-electron chi connectivity index (χ2n) is 7.09. The predicted octanol–water partition coefficient (Wildman–Crippen LogP) is 3.07. The smallest absolute Gasteiger partial charge is 0.248 e. The molecule has 3 aromatic rings. The van der Waals surface area contributed by atoms with E-state index in [1.54, 1.807) is 24.4 Å². The number of carbonyl (C=O) groups is 1. The van der Waals surface area contributed by atoms with E-state index >= 15 is 0 Å². The number of H-pyrrole nitrogens is 1. The molecule has 0 aliphatic carbocycles. The van der Waals surface area contributed by atoms with E-state index in [1.807, 2.05) is 4.90 Å². The number of hydrogen-bond donors (Lipinski definition) is 1. The van der Waals surface area contributed by atoms with Crippen molar-refractivity contribution in [2.45, 2.75) is 32.2 Å². The first-order valence-electron chi connectivity index (χ1n) is 9.33. The quantitative estimate of drug-likeness (QED) is 0.728. The Morgan fingerprint density at radius 1 is 1.15 bits per heavy atom. The first-order chi connectivity index (χ1) is 13.1. The van der Waals surface area contributed by atoms with Gasteiger partial charge in [0.15, 0.2) is 0 Å². The Labute approximate surface area is 156 Å². The Morgan fingerprint density at radius 3 is 2.70 bits per heavy atom.